The van der Waals surface area contributed by atoms with Crippen LogP contribution < -0.4 is 5.32 Å². The quantitative estimate of drug-likeness (QED) is 0.818. The summed E-state index contributed by atoms with van der Waals surface area (Å²) in [5, 5.41) is 3.40. The molecule has 3 fully saturated rings. The van der Waals surface area contributed by atoms with E-state index in [2.05, 4.69) is 12.2 Å². The summed E-state index contributed by atoms with van der Waals surface area (Å²) in [7, 11) is 0. The molecule has 2 aliphatic heterocycles. The Bertz CT molecular complexity index is 322. The van der Waals surface area contributed by atoms with Crippen molar-refractivity contribution in [2.45, 2.75) is 63.5 Å². The molecule has 102 valence electrons. The zero-order valence-electron chi connectivity index (χ0n) is 11.4. The number of carbonyl (C=O) groups is 1. The van der Waals surface area contributed by atoms with Crippen LogP contribution in [0.4, 0.5) is 0 Å². The van der Waals surface area contributed by atoms with Crippen molar-refractivity contribution >= 4 is 5.78 Å². The normalized spacial score (nSPS) is 39.3. The van der Waals surface area contributed by atoms with Crippen LogP contribution in [0.2, 0.25) is 0 Å². The molecule has 1 N–H and O–H groups in total. The third kappa shape index (κ3) is 2.23. The molecule has 3 heteroatoms. The van der Waals surface area contributed by atoms with Crippen molar-refractivity contribution in [3.8, 4) is 0 Å². The van der Waals surface area contributed by atoms with E-state index in [4.69, 9.17) is 4.74 Å². The van der Waals surface area contributed by atoms with E-state index in [9.17, 15) is 4.79 Å². The van der Waals surface area contributed by atoms with Gasteiger partial charge < -0.3 is 10.1 Å². The van der Waals surface area contributed by atoms with Crippen molar-refractivity contribution in [2.75, 3.05) is 13.2 Å². The van der Waals surface area contributed by atoms with Crippen molar-refractivity contribution < 1.29 is 9.53 Å². The first-order valence-electron chi connectivity index (χ1n) is 7.61. The summed E-state index contributed by atoms with van der Waals surface area (Å²) < 4.78 is 6.03. The van der Waals surface area contributed by atoms with Crippen LogP contribution in [0.3, 0.4) is 0 Å². The summed E-state index contributed by atoms with van der Waals surface area (Å²) in [6.07, 6.45) is 7.89. The molecule has 1 aliphatic carbocycles. The van der Waals surface area contributed by atoms with E-state index in [0.29, 0.717) is 11.8 Å². The minimum atomic E-state index is 0.0772. The number of carbonyl (C=O) groups excluding carboxylic acids is 1. The number of Topliss-reactive ketones (excluding diaryl/α,β-unsaturated/α-hetero) is 1. The Labute approximate surface area is 110 Å². The average Bonchev–Trinajstić information content (AvgIpc) is 2.98. The van der Waals surface area contributed by atoms with Crippen LogP contribution in [0.5, 0.6) is 0 Å². The zero-order valence-corrected chi connectivity index (χ0v) is 11.4. The predicted molar refractivity (Wildman–Crippen MR) is 70.5 cm³/mol. The first-order chi connectivity index (χ1) is 8.70. The topological polar surface area (TPSA) is 38.3 Å². The van der Waals surface area contributed by atoms with Crippen LogP contribution in [0.25, 0.3) is 0 Å². The Kier molecular flexibility index (Phi) is 3.46. The molecule has 2 heterocycles. The van der Waals surface area contributed by atoms with Crippen LogP contribution in [0, 0.1) is 11.8 Å². The fourth-order valence-electron chi connectivity index (χ4n) is 4.19. The number of hydrogen-bond acceptors (Lipinski definition) is 3. The number of hydrogen-bond donors (Lipinski definition) is 1. The second-order valence-corrected chi connectivity index (χ2v) is 6.47. The predicted octanol–water partition coefficient (Wildman–Crippen LogP) is 2.29. The Morgan fingerprint density at radius 3 is 2.72 bits per heavy atom. The van der Waals surface area contributed by atoms with Crippen molar-refractivity contribution in [2.24, 2.45) is 11.8 Å². The second kappa shape index (κ2) is 4.93. The van der Waals surface area contributed by atoms with E-state index in [0.717, 1.165) is 32.4 Å². The molecular weight excluding hydrogens is 226 g/mol. The maximum Gasteiger partial charge on any atom is 0.140 e. The summed E-state index contributed by atoms with van der Waals surface area (Å²) in [6, 6.07) is 0.375. The molecule has 0 bridgehead atoms. The van der Waals surface area contributed by atoms with Gasteiger partial charge in [-0.1, -0.05) is 12.8 Å². The number of ketones is 1. The number of ether oxygens (including phenoxy) is 1. The fourth-order valence-corrected chi connectivity index (χ4v) is 4.19. The highest BCUT2D eigenvalue weighted by molar-refractivity contribution is 5.84. The van der Waals surface area contributed by atoms with E-state index < -0.39 is 0 Å². The molecule has 3 aliphatic rings. The van der Waals surface area contributed by atoms with Gasteiger partial charge in [-0.05, 0) is 45.6 Å². The SMILES string of the molecule is CC1NCCC1C(=O)C1CCOC2(CCCC2)C1. The lowest BCUT2D eigenvalue weighted by atomic mass is 9.77. The molecular formula is C15H25NO2. The van der Waals surface area contributed by atoms with Gasteiger partial charge in [-0.3, -0.25) is 4.79 Å². The molecule has 3 unspecified atom stereocenters. The minimum Gasteiger partial charge on any atom is -0.375 e. The smallest absolute Gasteiger partial charge is 0.140 e. The van der Waals surface area contributed by atoms with Crippen molar-refractivity contribution in [1.29, 1.82) is 0 Å². The molecule has 0 aromatic carbocycles. The van der Waals surface area contributed by atoms with Gasteiger partial charge in [0.25, 0.3) is 0 Å². The van der Waals surface area contributed by atoms with E-state index in [1.807, 2.05) is 0 Å². The van der Waals surface area contributed by atoms with E-state index in [1.54, 1.807) is 0 Å². The highest BCUT2D eigenvalue weighted by Gasteiger charge is 2.44. The maximum atomic E-state index is 12.7. The summed E-state index contributed by atoms with van der Waals surface area (Å²) >= 11 is 0. The van der Waals surface area contributed by atoms with Gasteiger partial charge in [0.15, 0.2) is 0 Å². The molecule has 0 radical (unpaired) electrons. The van der Waals surface area contributed by atoms with Crippen molar-refractivity contribution in [1.82, 2.24) is 5.32 Å². The largest absolute Gasteiger partial charge is 0.375 e. The highest BCUT2D eigenvalue weighted by atomic mass is 16.5. The van der Waals surface area contributed by atoms with Crippen LogP contribution in [0.15, 0.2) is 0 Å². The summed E-state index contributed by atoms with van der Waals surface area (Å²) in [5.74, 6) is 1.04. The molecule has 1 saturated carbocycles. The summed E-state index contributed by atoms with van der Waals surface area (Å²) in [5.41, 5.74) is 0.0772. The Morgan fingerprint density at radius 1 is 1.28 bits per heavy atom. The molecule has 3 atom stereocenters. The molecule has 3 nitrogen and oxygen atoms in total. The minimum absolute atomic E-state index is 0.0772. The fraction of sp³-hybridized carbons (Fsp3) is 0.933. The summed E-state index contributed by atoms with van der Waals surface area (Å²) in [6.45, 7) is 3.96. The number of nitrogens with one attached hydrogen (secondary N) is 1. The third-order valence-electron chi connectivity index (χ3n) is 5.30. The molecule has 0 amide bonds. The van der Waals surface area contributed by atoms with Gasteiger partial charge in [-0.25, -0.2) is 0 Å². The molecule has 18 heavy (non-hydrogen) atoms. The molecule has 2 saturated heterocycles. The van der Waals surface area contributed by atoms with Gasteiger partial charge >= 0.3 is 0 Å². The Hall–Kier alpha value is -0.410. The van der Waals surface area contributed by atoms with Gasteiger partial charge in [-0.15, -0.1) is 0 Å². The first-order valence-corrected chi connectivity index (χ1v) is 7.61. The van der Waals surface area contributed by atoms with Crippen LogP contribution in [-0.4, -0.2) is 30.6 Å². The van der Waals surface area contributed by atoms with Crippen molar-refractivity contribution in [3.05, 3.63) is 0 Å². The van der Waals surface area contributed by atoms with Gasteiger partial charge in [0.2, 0.25) is 0 Å². The standard InChI is InChI=1S/C15H25NO2/c1-11-13(4-8-16-11)14(17)12-5-9-18-15(10-12)6-2-3-7-15/h11-13,16H,2-10H2,1H3. The zero-order chi connectivity index (χ0) is 12.6. The lowest BCUT2D eigenvalue weighted by Gasteiger charge is -2.38. The molecule has 0 aromatic heterocycles. The van der Waals surface area contributed by atoms with E-state index in [-0.39, 0.29) is 17.4 Å². The lowest BCUT2D eigenvalue weighted by molar-refractivity contribution is -0.140. The van der Waals surface area contributed by atoms with E-state index in [1.165, 1.54) is 25.7 Å². The van der Waals surface area contributed by atoms with Crippen LogP contribution in [-0.2, 0) is 9.53 Å². The highest BCUT2D eigenvalue weighted by Crippen LogP contribution is 2.43. The third-order valence-corrected chi connectivity index (χ3v) is 5.30. The molecule has 0 aromatic rings. The Morgan fingerprint density at radius 2 is 2.06 bits per heavy atom. The first kappa shape index (κ1) is 12.6. The van der Waals surface area contributed by atoms with Crippen molar-refractivity contribution in [3.63, 3.8) is 0 Å². The van der Waals surface area contributed by atoms with Crippen LogP contribution >= 0.6 is 0 Å². The molecule has 3 rings (SSSR count). The monoisotopic (exact) mass is 251 g/mol. The van der Waals surface area contributed by atoms with E-state index >= 15 is 0 Å². The Balaban J connectivity index is 1.66. The van der Waals surface area contributed by atoms with Gasteiger partial charge in [-0.2, -0.15) is 0 Å². The van der Waals surface area contributed by atoms with Gasteiger partial charge in [0.05, 0.1) is 5.60 Å². The van der Waals surface area contributed by atoms with Gasteiger partial charge in [0.1, 0.15) is 5.78 Å². The average molecular weight is 251 g/mol. The second-order valence-electron chi connectivity index (χ2n) is 6.47. The number of rotatable bonds is 2. The molecule has 1 spiro atoms. The van der Waals surface area contributed by atoms with Gasteiger partial charge in [0, 0.05) is 24.5 Å². The lowest BCUT2D eigenvalue weighted by Crippen LogP contribution is -2.42. The summed E-state index contributed by atoms with van der Waals surface area (Å²) in [4.78, 5) is 12.7. The maximum absolute atomic E-state index is 12.7. The van der Waals surface area contributed by atoms with Crippen LogP contribution in [0.1, 0.15) is 51.9 Å².